The first-order chi connectivity index (χ1) is 8.59. The third-order valence-electron chi connectivity index (χ3n) is 3.75. The van der Waals surface area contributed by atoms with Gasteiger partial charge >= 0.3 is 0 Å². The number of carbonyl (C=O) groups excluding carboxylic acids is 1. The highest BCUT2D eigenvalue weighted by atomic mass is 35.5. The fourth-order valence-electron chi connectivity index (χ4n) is 2.98. The zero-order valence-electron chi connectivity index (χ0n) is 10.4. The monoisotopic (exact) mass is 248 g/mol. The van der Waals surface area contributed by atoms with Gasteiger partial charge < -0.3 is 5.73 Å². The Labute approximate surface area is 107 Å². The normalized spacial score (nSPS) is 23.1. The van der Waals surface area contributed by atoms with E-state index < -0.39 is 0 Å². The Kier molecular flexibility index (Phi) is 2.22. The molecular weight excluding hydrogens is 234 g/mol. The third-order valence-corrected chi connectivity index (χ3v) is 3.97. The molecule has 0 aromatic heterocycles. The quantitative estimate of drug-likeness (QED) is 0.816. The highest BCUT2D eigenvalue weighted by Crippen LogP contribution is 2.44. The van der Waals surface area contributed by atoms with Crippen LogP contribution in [0.15, 0.2) is 23.7 Å². The second kappa shape index (κ2) is 3.88. The van der Waals surface area contributed by atoms with Gasteiger partial charge in [0.2, 0.25) is 5.91 Å². The molecule has 17 heavy (non-hydrogen) atoms. The van der Waals surface area contributed by atoms with Crippen molar-refractivity contribution in [1.29, 1.82) is 0 Å². The maximum absolute atomic E-state index is 11.5. The van der Waals surface area contributed by atoms with Crippen molar-refractivity contribution in [2.24, 2.45) is 11.7 Å². The van der Waals surface area contributed by atoms with E-state index in [2.05, 4.69) is 0 Å². The molecule has 0 saturated heterocycles. The van der Waals surface area contributed by atoms with E-state index in [0.29, 0.717) is 11.1 Å². The minimum Gasteiger partial charge on any atom is -0.369 e. The van der Waals surface area contributed by atoms with E-state index >= 15 is 0 Å². The molecule has 3 heteroatoms. The van der Waals surface area contributed by atoms with Crippen LogP contribution in [0.25, 0.3) is 5.57 Å². The largest absolute Gasteiger partial charge is 0.369 e. The summed E-state index contributed by atoms with van der Waals surface area (Å²) in [7, 11) is 0. The lowest BCUT2D eigenvalue weighted by Crippen LogP contribution is -2.27. The summed E-state index contributed by atoms with van der Waals surface area (Å²) in [6.07, 6.45) is 3.47. The summed E-state index contributed by atoms with van der Waals surface area (Å²) in [6, 6.07) is 4.12. The topological polar surface area (TPSA) is 43.1 Å². The molecule has 1 unspecified atom stereocenters. The second-order valence-electron chi connectivity index (χ2n) is 4.73. The van der Waals surface area contributed by atoms with Crippen molar-refractivity contribution < 1.29 is 6.17 Å². The molecule has 3 rings (SSSR count). The maximum atomic E-state index is 11.5. The Morgan fingerprint density at radius 2 is 2.35 bits per heavy atom. The van der Waals surface area contributed by atoms with Crippen LogP contribution in [0.2, 0.25) is 5.02 Å². The van der Waals surface area contributed by atoms with Gasteiger partial charge in [0, 0.05) is 5.02 Å². The molecule has 0 bridgehead atoms. The van der Waals surface area contributed by atoms with E-state index in [1.165, 1.54) is 0 Å². The predicted molar refractivity (Wildman–Crippen MR) is 68.6 cm³/mol. The molecule has 0 saturated carbocycles. The number of rotatable bonds is 1. The van der Waals surface area contributed by atoms with Crippen molar-refractivity contribution in [3.8, 4) is 0 Å². The average molecular weight is 249 g/mol. The lowest BCUT2D eigenvalue weighted by molar-refractivity contribution is -0.121. The van der Waals surface area contributed by atoms with Crippen molar-refractivity contribution >= 4 is 23.1 Å². The Morgan fingerprint density at radius 1 is 1.53 bits per heavy atom. The highest BCUT2D eigenvalue weighted by molar-refractivity contribution is 6.30. The minimum absolute atomic E-state index is 0.153. The lowest BCUT2D eigenvalue weighted by Gasteiger charge is -2.22. The van der Waals surface area contributed by atoms with Crippen molar-refractivity contribution in [2.45, 2.75) is 25.7 Å². The number of carbonyl (C=O) groups is 1. The third kappa shape index (κ3) is 1.67. The van der Waals surface area contributed by atoms with Crippen LogP contribution in [0.1, 0.15) is 31.8 Å². The molecule has 1 amide bonds. The number of halogens is 1. The second-order valence-corrected chi connectivity index (χ2v) is 5.14. The van der Waals surface area contributed by atoms with Gasteiger partial charge in [-0.2, -0.15) is 0 Å². The first-order valence-electron chi connectivity index (χ1n) is 6.39. The fourth-order valence-corrected chi connectivity index (χ4v) is 3.14. The molecule has 1 aromatic rings. The lowest BCUT2D eigenvalue weighted by atomic mass is 9.82. The smallest absolute Gasteiger partial charge is 0.224 e. The van der Waals surface area contributed by atoms with Gasteiger partial charge in [0.1, 0.15) is 0 Å². The van der Waals surface area contributed by atoms with Crippen LogP contribution in [0.5, 0.6) is 0 Å². The Hall–Kier alpha value is -1.28. The van der Waals surface area contributed by atoms with E-state index in [0.717, 1.165) is 48.0 Å². The number of hydrogen-bond donors (Lipinski definition) is 1. The van der Waals surface area contributed by atoms with Gasteiger partial charge in [-0.15, -0.1) is 0 Å². The number of amides is 1. The first kappa shape index (κ1) is 9.72. The van der Waals surface area contributed by atoms with Gasteiger partial charge in [-0.1, -0.05) is 17.7 Å². The van der Waals surface area contributed by atoms with Crippen molar-refractivity contribution in [2.75, 3.05) is 0 Å². The predicted octanol–water partition coefficient (Wildman–Crippen LogP) is 2.94. The van der Waals surface area contributed by atoms with Crippen molar-refractivity contribution in [1.82, 2.24) is 0 Å². The van der Waals surface area contributed by atoms with Crippen molar-refractivity contribution in [3.63, 3.8) is 0 Å². The van der Waals surface area contributed by atoms with E-state index in [4.69, 9.17) is 18.7 Å². The molecule has 2 nitrogen and oxygen atoms in total. The summed E-state index contributed by atoms with van der Waals surface area (Å²) in [6.45, 7) is 0. The van der Waals surface area contributed by atoms with Crippen LogP contribution in [-0.2, 0) is 11.2 Å². The molecule has 0 heterocycles. The number of primary amides is 1. The van der Waals surface area contributed by atoms with Gasteiger partial charge in [0.15, 0.2) is 0 Å². The summed E-state index contributed by atoms with van der Waals surface area (Å²) in [5.41, 5.74) is 9.81. The maximum Gasteiger partial charge on any atom is 0.224 e. The molecule has 2 N–H and O–H groups in total. The number of nitrogens with two attached hydrogens (primary N) is 1. The zero-order chi connectivity index (χ0) is 12.9. The Morgan fingerprint density at radius 3 is 3.12 bits per heavy atom. The molecule has 0 radical (unpaired) electrons. The molecule has 0 aliphatic heterocycles. The number of fused-ring (bicyclic) bond motifs is 2. The summed E-state index contributed by atoms with van der Waals surface area (Å²) >= 11 is 6.02. The van der Waals surface area contributed by atoms with Crippen LogP contribution >= 0.6 is 11.6 Å². The number of hydrogen-bond acceptors (Lipinski definition) is 1. The molecule has 2 aliphatic rings. The van der Waals surface area contributed by atoms with Crippen LogP contribution in [0.3, 0.4) is 0 Å². The summed E-state index contributed by atoms with van der Waals surface area (Å²) in [5.74, 6) is -0.396. The Bertz CT molecular complexity index is 579. The standard InChI is InChI=1S/C14H14ClNO/c15-9-5-4-8-6-13-10(12(8)7-9)2-1-3-11(13)14(16)17/h4-5,7,11H,1-3,6H2,(H2,16,17)/i7D. The van der Waals surface area contributed by atoms with Gasteiger partial charge in [-0.05, 0) is 60.1 Å². The summed E-state index contributed by atoms with van der Waals surface area (Å²) in [5, 5.41) is 0.476. The van der Waals surface area contributed by atoms with Crippen LogP contribution in [-0.4, -0.2) is 5.91 Å². The molecule has 2 aliphatic carbocycles. The van der Waals surface area contributed by atoms with Crippen molar-refractivity contribution in [3.05, 3.63) is 39.9 Å². The van der Waals surface area contributed by atoms with E-state index in [-0.39, 0.29) is 11.8 Å². The number of allylic oxidation sites excluding steroid dienone is 1. The molecule has 88 valence electrons. The zero-order valence-corrected chi connectivity index (χ0v) is 10.2. The van der Waals surface area contributed by atoms with Crippen LogP contribution in [0, 0.1) is 5.92 Å². The van der Waals surface area contributed by atoms with Gasteiger partial charge in [0.25, 0.3) is 0 Å². The SMILES string of the molecule is [2H]c1c(Cl)ccc2c1C1=C(C2)C(C(N)=O)CCC1. The molecule has 0 spiro atoms. The molecule has 1 aromatic carbocycles. The first-order valence-corrected chi connectivity index (χ1v) is 6.27. The molecular formula is C14H14ClNO. The highest BCUT2D eigenvalue weighted by Gasteiger charge is 2.32. The Balaban J connectivity index is 2.15. The molecule has 0 fully saturated rings. The summed E-state index contributed by atoms with van der Waals surface area (Å²) < 4.78 is 8.09. The van der Waals surface area contributed by atoms with Gasteiger partial charge in [-0.3, -0.25) is 4.79 Å². The average Bonchev–Trinajstić information content (AvgIpc) is 2.72. The van der Waals surface area contributed by atoms with Gasteiger partial charge in [0.05, 0.1) is 7.29 Å². The van der Waals surface area contributed by atoms with Gasteiger partial charge in [-0.25, -0.2) is 0 Å². The fraction of sp³-hybridized carbons (Fsp3) is 0.357. The van der Waals surface area contributed by atoms with Crippen LogP contribution in [0.4, 0.5) is 0 Å². The minimum atomic E-state index is -0.243. The molecule has 1 atom stereocenters. The van der Waals surface area contributed by atoms with E-state index in [1.54, 1.807) is 6.07 Å². The van der Waals surface area contributed by atoms with Crippen LogP contribution < -0.4 is 5.73 Å². The van der Waals surface area contributed by atoms with E-state index in [1.807, 2.05) is 6.07 Å². The number of benzene rings is 1. The summed E-state index contributed by atoms with van der Waals surface area (Å²) in [4.78, 5) is 11.5. The van der Waals surface area contributed by atoms with E-state index in [9.17, 15) is 4.79 Å².